The van der Waals surface area contributed by atoms with Crippen molar-refractivity contribution in [1.82, 2.24) is 16.0 Å². The molecule has 4 atom stereocenters. The number of carboxylic acids is 2. The van der Waals surface area contributed by atoms with Crippen molar-refractivity contribution in [3.8, 4) is 0 Å². The summed E-state index contributed by atoms with van der Waals surface area (Å²) in [7, 11) is 0. The number of primary amides is 1. The highest BCUT2D eigenvalue weighted by atomic mass is 16.4. The summed E-state index contributed by atoms with van der Waals surface area (Å²) < 4.78 is 0. The molecule has 4 unspecified atom stereocenters. The number of amides is 4. The fraction of sp³-hybridized carbons (Fsp3) is 0.684. The first-order chi connectivity index (χ1) is 15.4. The van der Waals surface area contributed by atoms with Gasteiger partial charge in [0.25, 0.3) is 0 Å². The van der Waals surface area contributed by atoms with Crippen LogP contribution >= 0.6 is 0 Å². The van der Waals surface area contributed by atoms with Crippen LogP contribution in [0.4, 0.5) is 0 Å². The third kappa shape index (κ3) is 13.0. The van der Waals surface area contributed by atoms with E-state index in [0.29, 0.717) is 19.4 Å². The van der Waals surface area contributed by atoms with Crippen LogP contribution < -0.4 is 33.2 Å². The van der Waals surface area contributed by atoms with Crippen molar-refractivity contribution in [3.05, 3.63) is 0 Å². The van der Waals surface area contributed by atoms with Crippen LogP contribution in [0.15, 0.2) is 0 Å². The second kappa shape index (κ2) is 15.5. The van der Waals surface area contributed by atoms with E-state index >= 15 is 0 Å². The number of carbonyl (C=O) groups excluding carboxylic acids is 4. The van der Waals surface area contributed by atoms with E-state index < -0.39 is 59.7 Å². The van der Waals surface area contributed by atoms with Crippen LogP contribution in [0.1, 0.15) is 51.9 Å². The van der Waals surface area contributed by atoms with Crippen LogP contribution in [0, 0.1) is 0 Å². The number of hydrogen-bond acceptors (Lipinski definition) is 8. The van der Waals surface area contributed by atoms with Crippen LogP contribution in [0.5, 0.6) is 0 Å². The van der Waals surface area contributed by atoms with Gasteiger partial charge in [-0.3, -0.25) is 28.8 Å². The first-order valence-electron chi connectivity index (χ1n) is 10.5. The van der Waals surface area contributed by atoms with E-state index in [2.05, 4.69) is 16.0 Å². The molecule has 0 saturated heterocycles. The highest BCUT2D eigenvalue weighted by Crippen LogP contribution is 2.06. The molecular weight excluding hydrogens is 440 g/mol. The normalized spacial score (nSPS) is 14.3. The molecule has 0 aromatic rings. The summed E-state index contributed by atoms with van der Waals surface area (Å²) in [5.41, 5.74) is 16.2. The Morgan fingerprint density at radius 3 is 1.85 bits per heavy atom. The first-order valence-corrected chi connectivity index (χ1v) is 10.5. The Labute approximate surface area is 191 Å². The molecule has 0 spiro atoms. The third-order valence-electron chi connectivity index (χ3n) is 4.63. The molecule has 0 aromatic carbocycles. The second-order valence-electron chi connectivity index (χ2n) is 7.52. The van der Waals surface area contributed by atoms with Crippen molar-refractivity contribution < 1.29 is 39.0 Å². The number of nitrogens with one attached hydrogen (secondary N) is 3. The molecule has 11 N–H and O–H groups in total. The zero-order valence-electron chi connectivity index (χ0n) is 18.5. The van der Waals surface area contributed by atoms with Gasteiger partial charge in [-0.15, -0.1) is 0 Å². The van der Waals surface area contributed by atoms with Gasteiger partial charge in [0.05, 0.1) is 6.04 Å². The second-order valence-corrected chi connectivity index (χ2v) is 7.52. The molecule has 33 heavy (non-hydrogen) atoms. The smallest absolute Gasteiger partial charge is 0.325 e. The predicted octanol–water partition coefficient (Wildman–Crippen LogP) is -2.87. The van der Waals surface area contributed by atoms with Gasteiger partial charge < -0.3 is 43.4 Å². The van der Waals surface area contributed by atoms with Gasteiger partial charge in [-0.05, 0) is 45.6 Å². The summed E-state index contributed by atoms with van der Waals surface area (Å²) in [5, 5.41) is 24.8. The van der Waals surface area contributed by atoms with Gasteiger partial charge in [0.1, 0.15) is 18.1 Å². The molecule has 0 aliphatic heterocycles. The van der Waals surface area contributed by atoms with Gasteiger partial charge in [0.15, 0.2) is 0 Å². The molecule has 0 aliphatic carbocycles. The minimum Gasteiger partial charge on any atom is -0.481 e. The van der Waals surface area contributed by atoms with E-state index in [-0.39, 0.29) is 32.1 Å². The Morgan fingerprint density at radius 1 is 0.788 bits per heavy atom. The summed E-state index contributed by atoms with van der Waals surface area (Å²) in [6.07, 6.45) is 0.156. The third-order valence-corrected chi connectivity index (χ3v) is 4.63. The monoisotopic (exact) mass is 474 g/mol. The summed E-state index contributed by atoms with van der Waals surface area (Å²) in [4.78, 5) is 70.4. The van der Waals surface area contributed by atoms with Crippen molar-refractivity contribution in [2.24, 2.45) is 17.2 Å². The Kier molecular flexibility index (Phi) is 14.0. The Hall–Kier alpha value is -3.26. The van der Waals surface area contributed by atoms with Crippen molar-refractivity contribution in [1.29, 1.82) is 0 Å². The van der Waals surface area contributed by atoms with Crippen LogP contribution in [0.25, 0.3) is 0 Å². The molecule has 0 saturated carbocycles. The first kappa shape index (κ1) is 29.7. The lowest BCUT2D eigenvalue weighted by molar-refractivity contribution is -0.142. The average molecular weight is 475 g/mol. The largest absolute Gasteiger partial charge is 0.481 e. The lowest BCUT2D eigenvalue weighted by Gasteiger charge is -2.24. The Bertz CT molecular complexity index is 716. The van der Waals surface area contributed by atoms with Gasteiger partial charge in [-0.25, -0.2) is 0 Å². The predicted molar refractivity (Wildman–Crippen MR) is 115 cm³/mol. The molecule has 188 valence electrons. The van der Waals surface area contributed by atoms with Crippen LogP contribution in [-0.2, 0) is 28.8 Å². The van der Waals surface area contributed by atoms with Crippen molar-refractivity contribution >= 4 is 35.6 Å². The van der Waals surface area contributed by atoms with E-state index in [1.54, 1.807) is 0 Å². The highest BCUT2D eigenvalue weighted by Gasteiger charge is 2.29. The van der Waals surface area contributed by atoms with Crippen LogP contribution in [0.2, 0.25) is 0 Å². The number of nitrogens with two attached hydrogens (primary N) is 3. The van der Waals surface area contributed by atoms with Gasteiger partial charge in [0, 0.05) is 12.8 Å². The fourth-order valence-electron chi connectivity index (χ4n) is 2.65. The maximum atomic E-state index is 12.8. The fourth-order valence-corrected chi connectivity index (χ4v) is 2.65. The minimum absolute atomic E-state index is 0.149. The van der Waals surface area contributed by atoms with E-state index in [0.717, 1.165) is 0 Å². The molecule has 14 heteroatoms. The highest BCUT2D eigenvalue weighted by molar-refractivity contribution is 5.94. The van der Waals surface area contributed by atoms with E-state index in [1.165, 1.54) is 6.92 Å². The average Bonchev–Trinajstić information content (AvgIpc) is 2.73. The SMILES string of the molecule is CC(NC(=O)C(CCCCN)NC(=O)C(CCC(N)=O)NC(=O)C(N)CCC(=O)O)C(=O)O. The van der Waals surface area contributed by atoms with Crippen molar-refractivity contribution in [2.45, 2.75) is 76.0 Å². The van der Waals surface area contributed by atoms with Crippen molar-refractivity contribution in [3.63, 3.8) is 0 Å². The van der Waals surface area contributed by atoms with Gasteiger partial charge in [0.2, 0.25) is 23.6 Å². The van der Waals surface area contributed by atoms with Crippen molar-refractivity contribution in [2.75, 3.05) is 6.54 Å². The van der Waals surface area contributed by atoms with Gasteiger partial charge >= 0.3 is 11.9 Å². The summed E-state index contributed by atoms with van der Waals surface area (Å²) in [5.74, 6) is -5.52. The minimum atomic E-state index is -1.29. The van der Waals surface area contributed by atoms with Crippen LogP contribution in [-0.4, -0.2) is 76.5 Å². The lowest BCUT2D eigenvalue weighted by Crippen LogP contribution is -2.57. The molecule has 0 bridgehead atoms. The molecule has 0 radical (unpaired) electrons. The molecule has 0 heterocycles. The van der Waals surface area contributed by atoms with E-state index in [1.807, 2.05) is 0 Å². The topological polar surface area (TPSA) is 257 Å². The summed E-state index contributed by atoms with van der Waals surface area (Å²) in [6.45, 7) is 1.60. The number of carbonyl (C=O) groups is 6. The molecule has 0 aromatic heterocycles. The van der Waals surface area contributed by atoms with Gasteiger partial charge in [-0.1, -0.05) is 0 Å². The summed E-state index contributed by atoms with van der Waals surface area (Å²) in [6, 6.07) is -4.84. The number of hydrogen-bond donors (Lipinski definition) is 8. The maximum Gasteiger partial charge on any atom is 0.325 e. The zero-order chi connectivity index (χ0) is 25.6. The number of unbranched alkanes of at least 4 members (excludes halogenated alkanes) is 1. The number of aliphatic carboxylic acids is 2. The molecule has 0 rings (SSSR count). The molecular formula is C19H34N6O8. The molecule has 14 nitrogen and oxygen atoms in total. The number of carboxylic acid groups (broad SMARTS) is 2. The Balaban J connectivity index is 5.39. The molecule has 4 amide bonds. The van der Waals surface area contributed by atoms with E-state index in [9.17, 15) is 28.8 Å². The van der Waals surface area contributed by atoms with Gasteiger partial charge in [-0.2, -0.15) is 0 Å². The lowest BCUT2D eigenvalue weighted by atomic mass is 10.0. The summed E-state index contributed by atoms with van der Waals surface area (Å²) >= 11 is 0. The quantitative estimate of drug-likeness (QED) is 0.0999. The number of rotatable bonds is 17. The van der Waals surface area contributed by atoms with Crippen LogP contribution in [0.3, 0.4) is 0 Å². The molecule has 0 aliphatic rings. The Morgan fingerprint density at radius 2 is 1.33 bits per heavy atom. The standard InChI is InChI=1S/C19H34N6O8/c1-10(19(32)33)23-17(30)12(4-2-3-9-20)25-18(31)13(6-7-14(22)26)24-16(29)11(21)5-8-15(27)28/h10-13H,2-9,20-21H2,1H3,(H2,22,26)(H,23,30)(H,24,29)(H,25,31)(H,27,28)(H,32,33). The zero-order valence-corrected chi connectivity index (χ0v) is 18.5. The van der Waals surface area contributed by atoms with E-state index in [4.69, 9.17) is 27.4 Å². The molecule has 0 fully saturated rings. The maximum absolute atomic E-state index is 12.8.